The Kier molecular flexibility index (Phi) is 6.42. The third-order valence-electron chi connectivity index (χ3n) is 3.45. The number of anilines is 2. The average Bonchev–Trinajstić information content (AvgIpc) is 2.61. The molecule has 1 aromatic carbocycles. The zero-order valence-corrected chi connectivity index (χ0v) is 14.3. The van der Waals surface area contributed by atoms with Crippen LogP contribution in [0.1, 0.15) is 25.3 Å². The van der Waals surface area contributed by atoms with Crippen molar-refractivity contribution in [3.63, 3.8) is 0 Å². The Balaban J connectivity index is 1.93. The van der Waals surface area contributed by atoms with Gasteiger partial charge in [0.25, 0.3) is 0 Å². The monoisotopic (exact) mass is 329 g/mol. The summed E-state index contributed by atoms with van der Waals surface area (Å²) >= 11 is 0. The Hall–Kier alpha value is -2.76. The van der Waals surface area contributed by atoms with Gasteiger partial charge in [-0.15, -0.1) is 0 Å². The molecule has 6 heteroatoms. The summed E-state index contributed by atoms with van der Waals surface area (Å²) in [5.74, 6) is 1.94. The van der Waals surface area contributed by atoms with E-state index in [1.54, 1.807) is 26.5 Å². The summed E-state index contributed by atoms with van der Waals surface area (Å²) in [6.45, 7) is 2.60. The summed E-state index contributed by atoms with van der Waals surface area (Å²) in [6, 6.07) is 9.44. The molecule has 0 saturated carbocycles. The molecule has 0 spiro atoms. The van der Waals surface area contributed by atoms with Gasteiger partial charge in [-0.25, -0.2) is 4.98 Å². The second-order valence-corrected chi connectivity index (χ2v) is 5.27. The molecule has 0 aliphatic rings. The summed E-state index contributed by atoms with van der Waals surface area (Å²) in [6.07, 6.45) is 3.01. The molecule has 1 heterocycles. The number of methoxy groups -OCH3 is 2. The molecule has 1 aromatic heterocycles. The van der Waals surface area contributed by atoms with Crippen molar-refractivity contribution in [1.82, 2.24) is 4.98 Å². The smallest absolute Gasteiger partial charge is 0.225 e. The second kappa shape index (κ2) is 8.76. The first kappa shape index (κ1) is 17.6. The fourth-order valence-corrected chi connectivity index (χ4v) is 2.20. The SMILES string of the molecule is CCCC(=O)Nc1ccc(NCc2ccc(OC)c(OC)c2)cn1. The van der Waals surface area contributed by atoms with Crippen molar-refractivity contribution in [3.05, 3.63) is 42.1 Å². The van der Waals surface area contributed by atoms with Crippen LogP contribution in [0, 0.1) is 0 Å². The maximum Gasteiger partial charge on any atom is 0.225 e. The van der Waals surface area contributed by atoms with E-state index in [1.165, 1.54) is 0 Å². The highest BCUT2D eigenvalue weighted by molar-refractivity contribution is 5.89. The standard InChI is InChI=1S/C18H23N3O3/c1-4-5-18(22)21-17-9-7-14(12-20-17)19-11-13-6-8-15(23-2)16(10-13)24-3/h6-10,12,19H,4-5,11H2,1-3H3,(H,20,21,22). The highest BCUT2D eigenvalue weighted by Crippen LogP contribution is 2.27. The van der Waals surface area contributed by atoms with E-state index >= 15 is 0 Å². The lowest BCUT2D eigenvalue weighted by Crippen LogP contribution is -2.11. The molecule has 0 fully saturated rings. The molecule has 2 N–H and O–H groups in total. The minimum Gasteiger partial charge on any atom is -0.493 e. The van der Waals surface area contributed by atoms with E-state index in [9.17, 15) is 4.79 Å². The van der Waals surface area contributed by atoms with Gasteiger partial charge in [-0.2, -0.15) is 0 Å². The fourth-order valence-electron chi connectivity index (χ4n) is 2.20. The van der Waals surface area contributed by atoms with Crippen LogP contribution in [0.15, 0.2) is 36.5 Å². The number of carbonyl (C=O) groups excluding carboxylic acids is 1. The van der Waals surface area contributed by atoms with Crippen LogP contribution in [-0.2, 0) is 11.3 Å². The van der Waals surface area contributed by atoms with Crippen LogP contribution in [-0.4, -0.2) is 25.1 Å². The number of pyridine rings is 1. The van der Waals surface area contributed by atoms with Crippen molar-refractivity contribution < 1.29 is 14.3 Å². The molecule has 0 radical (unpaired) electrons. The first-order valence-electron chi connectivity index (χ1n) is 7.87. The molecule has 24 heavy (non-hydrogen) atoms. The molecule has 128 valence electrons. The van der Waals surface area contributed by atoms with Gasteiger partial charge in [0.05, 0.1) is 26.1 Å². The van der Waals surface area contributed by atoms with Gasteiger partial charge in [-0.3, -0.25) is 4.79 Å². The molecule has 0 saturated heterocycles. The van der Waals surface area contributed by atoms with Crippen LogP contribution in [0.4, 0.5) is 11.5 Å². The number of rotatable bonds is 8. The van der Waals surface area contributed by atoms with Gasteiger partial charge >= 0.3 is 0 Å². The van der Waals surface area contributed by atoms with Crippen LogP contribution in [0.25, 0.3) is 0 Å². The predicted octanol–water partition coefficient (Wildman–Crippen LogP) is 3.45. The molecular weight excluding hydrogens is 306 g/mol. The number of hydrogen-bond donors (Lipinski definition) is 2. The lowest BCUT2D eigenvalue weighted by atomic mass is 10.2. The number of hydrogen-bond acceptors (Lipinski definition) is 5. The molecule has 0 bridgehead atoms. The van der Waals surface area contributed by atoms with E-state index in [2.05, 4.69) is 15.6 Å². The lowest BCUT2D eigenvalue weighted by Gasteiger charge is -2.11. The third-order valence-corrected chi connectivity index (χ3v) is 3.45. The number of aromatic nitrogens is 1. The van der Waals surface area contributed by atoms with Crippen LogP contribution in [0.2, 0.25) is 0 Å². The zero-order valence-electron chi connectivity index (χ0n) is 14.3. The number of ether oxygens (including phenoxy) is 2. The Labute approximate surface area is 142 Å². The van der Waals surface area contributed by atoms with Crippen molar-refractivity contribution in [1.29, 1.82) is 0 Å². The van der Waals surface area contributed by atoms with E-state index in [0.29, 0.717) is 30.3 Å². The Bertz CT molecular complexity index is 672. The third kappa shape index (κ3) is 4.87. The van der Waals surface area contributed by atoms with Crippen LogP contribution in [0.3, 0.4) is 0 Å². The van der Waals surface area contributed by atoms with Gasteiger partial charge in [0.15, 0.2) is 11.5 Å². The summed E-state index contributed by atoms with van der Waals surface area (Å²) in [5.41, 5.74) is 1.94. The zero-order chi connectivity index (χ0) is 17.4. The fraction of sp³-hybridized carbons (Fsp3) is 0.333. The minimum absolute atomic E-state index is 0.0176. The quantitative estimate of drug-likeness (QED) is 0.776. The van der Waals surface area contributed by atoms with Crippen LogP contribution < -0.4 is 20.1 Å². The molecule has 0 atom stereocenters. The lowest BCUT2D eigenvalue weighted by molar-refractivity contribution is -0.116. The van der Waals surface area contributed by atoms with Crippen LogP contribution >= 0.6 is 0 Å². The first-order valence-corrected chi connectivity index (χ1v) is 7.87. The molecule has 0 aliphatic carbocycles. The first-order chi connectivity index (χ1) is 11.7. The van der Waals surface area contributed by atoms with E-state index in [-0.39, 0.29) is 5.91 Å². The van der Waals surface area contributed by atoms with Gasteiger partial charge < -0.3 is 20.1 Å². The van der Waals surface area contributed by atoms with Crippen LogP contribution in [0.5, 0.6) is 11.5 Å². The van der Waals surface area contributed by atoms with Gasteiger partial charge in [0.1, 0.15) is 5.82 Å². The molecule has 0 aliphatic heterocycles. The summed E-state index contributed by atoms with van der Waals surface area (Å²) < 4.78 is 10.5. The maximum atomic E-state index is 11.5. The largest absolute Gasteiger partial charge is 0.493 e. The van der Waals surface area contributed by atoms with E-state index in [0.717, 1.165) is 17.7 Å². The van der Waals surface area contributed by atoms with Gasteiger partial charge in [-0.1, -0.05) is 13.0 Å². The predicted molar refractivity (Wildman–Crippen MR) is 94.6 cm³/mol. The summed E-state index contributed by atoms with van der Waals surface area (Å²) in [4.78, 5) is 15.8. The Morgan fingerprint density at radius 1 is 1.12 bits per heavy atom. The van der Waals surface area contributed by atoms with E-state index < -0.39 is 0 Å². The second-order valence-electron chi connectivity index (χ2n) is 5.27. The van der Waals surface area contributed by atoms with Crippen molar-refractivity contribution in [2.24, 2.45) is 0 Å². The number of nitrogens with one attached hydrogen (secondary N) is 2. The molecule has 0 unspecified atom stereocenters. The number of nitrogens with zero attached hydrogens (tertiary/aromatic N) is 1. The van der Waals surface area contributed by atoms with E-state index in [1.807, 2.05) is 31.2 Å². The highest BCUT2D eigenvalue weighted by Gasteiger charge is 2.05. The molecular formula is C18H23N3O3. The van der Waals surface area contributed by atoms with Crippen molar-refractivity contribution >= 4 is 17.4 Å². The minimum atomic E-state index is -0.0176. The Morgan fingerprint density at radius 2 is 1.92 bits per heavy atom. The molecule has 2 rings (SSSR count). The normalized spacial score (nSPS) is 10.1. The van der Waals surface area contributed by atoms with Crippen molar-refractivity contribution in [2.75, 3.05) is 24.9 Å². The van der Waals surface area contributed by atoms with Gasteiger partial charge in [-0.05, 0) is 36.2 Å². The van der Waals surface area contributed by atoms with E-state index in [4.69, 9.17) is 9.47 Å². The molecule has 2 aromatic rings. The number of benzene rings is 1. The number of amides is 1. The van der Waals surface area contributed by atoms with Crippen molar-refractivity contribution in [3.8, 4) is 11.5 Å². The maximum absolute atomic E-state index is 11.5. The topological polar surface area (TPSA) is 72.5 Å². The number of carbonyl (C=O) groups is 1. The summed E-state index contributed by atoms with van der Waals surface area (Å²) in [5, 5.41) is 6.05. The van der Waals surface area contributed by atoms with Gasteiger partial charge in [0.2, 0.25) is 5.91 Å². The average molecular weight is 329 g/mol. The molecule has 6 nitrogen and oxygen atoms in total. The van der Waals surface area contributed by atoms with Crippen molar-refractivity contribution in [2.45, 2.75) is 26.3 Å². The molecule has 1 amide bonds. The Morgan fingerprint density at radius 3 is 2.54 bits per heavy atom. The summed E-state index contributed by atoms with van der Waals surface area (Å²) in [7, 11) is 3.23. The van der Waals surface area contributed by atoms with Gasteiger partial charge in [0, 0.05) is 13.0 Å². The highest BCUT2D eigenvalue weighted by atomic mass is 16.5.